The lowest BCUT2D eigenvalue weighted by molar-refractivity contribution is 0.637. The molecule has 0 bridgehead atoms. The number of hydrogen-bond donors (Lipinski definition) is 1. The lowest BCUT2D eigenvalue weighted by Gasteiger charge is -2.10. The summed E-state index contributed by atoms with van der Waals surface area (Å²) in [5.41, 5.74) is 7.21. The van der Waals surface area contributed by atoms with E-state index in [1.807, 2.05) is 12.3 Å². The second-order valence-electron chi connectivity index (χ2n) is 3.98. The predicted octanol–water partition coefficient (Wildman–Crippen LogP) is 3.09. The third-order valence-corrected chi connectivity index (χ3v) is 5.61. The van der Waals surface area contributed by atoms with Gasteiger partial charge in [0, 0.05) is 12.2 Å². The molecule has 102 valence electrons. The lowest BCUT2D eigenvalue weighted by atomic mass is 10.1. The number of thioether (sulfide) groups is 1. The van der Waals surface area contributed by atoms with Crippen molar-refractivity contribution in [3.8, 4) is 0 Å². The highest BCUT2D eigenvalue weighted by Gasteiger charge is 2.12. The lowest BCUT2D eigenvalue weighted by Crippen LogP contribution is -2.21. The number of hydrogen-bond acceptors (Lipinski definition) is 7. The van der Waals surface area contributed by atoms with Crippen molar-refractivity contribution in [1.82, 2.24) is 15.2 Å². The molecular weight excluding hydrogens is 296 g/mol. The van der Waals surface area contributed by atoms with Crippen LogP contribution in [0.1, 0.15) is 18.9 Å². The second-order valence-corrected chi connectivity index (χ2v) is 7.25. The number of nitrogens with two attached hydrogens (primary N) is 1. The number of rotatable bonds is 6. The molecule has 0 aliphatic carbocycles. The van der Waals surface area contributed by atoms with Gasteiger partial charge in [-0.25, -0.2) is 4.98 Å². The number of nitrogens with zero attached hydrogens (tertiary/aromatic N) is 3. The molecule has 0 radical (unpaired) electrons. The first-order valence-electron chi connectivity index (χ1n) is 5.97. The van der Waals surface area contributed by atoms with Crippen LogP contribution in [-0.4, -0.2) is 27.5 Å². The third kappa shape index (κ3) is 4.17. The summed E-state index contributed by atoms with van der Waals surface area (Å²) in [6.45, 7) is 2.10. The van der Waals surface area contributed by atoms with Crippen molar-refractivity contribution < 1.29 is 0 Å². The first-order chi connectivity index (χ1) is 9.22. The van der Waals surface area contributed by atoms with Gasteiger partial charge in [-0.2, -0.15) is 0 Å². The summed E-state index contributed by atoms with van der Waals surface area (Å²) < 4.78 is 1.90. The van der Waals surface area contributed by atoms with Crippen molar-refractivity contribution in [3.63, 3.8) is 0 Å². The Labute approximate surface area is 125 Å². The highest BCUT2D eigenvalue weighted by Crippen LogP contribution is 2.33. The smallest absolute Gasteiger partial charge is 0.181 e. The van der Waals surface area contributed by atoms with Gasteiger partial charge in [0.1, 0.15) is 5.03 Å². The fourth-order valence-electron chi connectivity index (χ4n) is 1.50. The van der Waals surface area contributed by atoms with Crippen LogP contribution in [0, 0.1) is 0 Å². The van der Waals surface area contributed by atoms with Crippen LogP contribution < -0.4 is 5.73 Å². The van der Waals surface area contributed by atoms with Crippen molar-refractivity contribution >= 4 is 34.9 Å². The maximum Gasteiger partial charge on any atom is 0.181 e. The van der Waals surface area contributed by atoms with Crippen molar-refractivity contribution in [2.75, 3.05) is 6.26 Å². The topological polar surface area (TPSA) is 64.7 Å². The van der Waals surface area contributed by atoms with Crippen molar-refractivity contribution in [1.29, 1.82) is 0 Å². The molecule has 0 aliphatic heterocycles. The van der Waals surface area contributed by atoms with E-state index in [4.69, 9.17) is 5.73 Å². The average Bonchev–Trinajstić information content (AvgIpc) is 2.88. The van der Waals surface area contributed by atoms with Crippen LogP contribution in [0.4, 0.5) is 0 Å². The van der Waals surface area contributed by atoms with E-state index < -0.39 is 0 Å². The summed E-state index contributed by atoms with van der Waals surface area (Å²) >= 11 is 4.77. The highest BCUT2D eigenvalue weighted by molar-refractivity contribution is 8.03. The fourth-order valence-corrected chi connectivity index (χ4v) is 3.95. The normalized spacial score (nSPS) is 12.6. The summed E-state index contributed by atoms with van der Waals surface area (Å²) in [5.74, 6) is 0. The molecule has 0 saturated carbocycles. The zero-order valence-electron chi connectivity index (χ0n) is 10.9. The van der Waals surface area contributed by atoms with Crippen LogP contribution in [-0.2, 0) is 6.42 Å². The number of pyridine rings is 1. The molecular formula is C12H16N4S3. The van der Waals surface area contributed by atoms with E-state index in [1.165, 1.54) is 5.56 Å². The molecule has 0 saturated heterocycles. The van der Waals surface area contributed by atoms with Gasteiger partial charge in [-0.3, -0.25) is 0 Å². The molecule has 0 aromatic carbocycles. The van der Waals surface area contributed by atoms with E-state index in [1.54, 1.807) is 41.1 Å². The molecule has 2 N–H and O–H groups in total. The van der Waals surface area contributed by atoms with E-state index in [0.29, 0.717) is 0 Å². The van der Waals surface area contributed by atoms with E-state index in [2.05, 4.69) is 28.2 Å². The molecule has 4 nitrogen and oxygen atoms in total. The summed E-state index contributed by atoms with van der Waals surface area (Å²) in [4.78, 5) is 4.44. The summed E-state index contributed by atoms with van der Waals surface area (Å²) in [6, 6.07) is 4.22. The minimum atomic E-state index is 0.180. The first-order valence-corrected chi connectivity index (χ1v) is 8.83. The number of aromatic nitrogens is 3. The van der Waals surface area contributed by atoms with Crippen LogP contribution >= 0.6 is 34.9 Å². The van der Waals surface area contributed by atoms with E-state index in [9.17, 15) is 0 Å². The molecule has 0 aliphatic rings. The molecule has 2 heterocycles. The van der Waals surface area contributed by atoms with Crippen LogP contribution in [0.15, 0.2) is 32.0 Å². The maximum atomic E-state index is 6.03. The standard InChI is InChI=1S/C12H16N4S3/c1-3-9(13)7-8-5-4-6-14-10(8)18-12-16-15-11(17-2)19-12/h4-6,9H,3,7,13H2,1-2H3. The molecule has 0 amide bonds. The first kappa shape index (κ1) is 14.8. The molecule has 19 heavy (non-hydrogen) atoms. The van der Waals surface area contributed by atoms with E-state index >= 15 is 0 Å². The molecule has 0 fully saturated rings. The summed E-state index contributed by atoms with van der Waals surface area (Å²) in [5, 5.41) is 9.24. The largest absolute Gasteiger partial charge is 0.327 e. The van der Waals surface area contributed by atoms with Crippen LogP contribution in [0.3, 0.4) is 0 Å². The van der Waals surface area contributed by atoms with E-state index in [-0.39, 0.29) is 6.04 Å². The summed E-state index contributed by atoms with van der Waals surface area (Å²) in [6.07, 6.45) is 5.62. The van der Waals surface area contributed by atoms with Crippen LogP contribution in [0.2, 0.25) is 0 Å². The molecule has 2 rings (SSSR count). The predicted molar refractivity (Wildman–Crippen MR) is 82.0 cm³/mol. The molecule has 1 atom stereocenters. The van der Waals surface area contributed by atoms with Gasteiger partial charge in [-0.1, -0.05) is 36.1 Å². The Kier molecular flexibility index (Phi) is 5.62. The van der Waals surface area contributed by atoms with Gasteiger partial charge in [0.25, 0.3) is 0 Å². The van der Waals surface area contributed by atoms with Gasteiger partial charge in [0.15, 0.2) is 8.68 Å². The third-order valence-electron chi connectivity index (χ3n) is 2.60. The zero-order valence-corrected chi connectivity index (χ0v) is 13.3. The zero-order chi connectivity index (χ0) is 13.7. The van der Waals surface area contributed by atoms with Crippen molar-refractivity contribution in [3.05, 3.63) is 23.9 Å². The SMILES string of the molecule is CCC(N)Cc1cccnc1Sc1nnc(SC)s1. The van der Waals surface area contributed by atoms with Crippen molar-refractivity contribution in [2.24, 2.45) is 5.73 Å². The second kappa shape index (κ2) is 7.23. The Morgan fingerprint density at radius 2 is 2.16 bits per heavy atom. The fraction of sp³-hybridized carbons (Fsp3) is 0.417. The van der Waals surface area contributed by atoms with Gasteiger partial charge in [0.05, 0.1) is 0 Å². The van der Waals surface area contributed by atoms with Crippen LogP contribution in [0.25, 0.3) is 0 Å². The monoisotopic (exact) mass is 312 g/mol. The average molecular weight is 312 g/mol. The maximum absolute atomic E-state index is 6.03. The Morgan fingerprint density at radius 3 is 2.84 bits per heavy atom. The van der Waals surface area contributed by atoms with Gasteiger partial charge >= 0.3 is 0 Å². The highest BCUT2D eigenvalue weighted by atomic mass is 32.2. The Hall–Kier alpha value is -0.630. The quantitative estimate of drug-likeness (QED) is 0.827. The Bertz CT molecular complexity index is 529. The van der Waals surface area contributed by atoms with E-state index in [0.717, 1.165) is 26.5 Å². The molecule has 1 unspecified atom stereocenters. The molecule has 7 heteroatoms. The van der Waals surface area contributed by atoms with Gasteiger partial charge in [0.2, 0.25) is 0 Å². The Morgan fingerprint density at radius 1 is 1.37 bits per heavy atom. The summed E-state index contributed by atoms with van der Waals surface area (Å²) in [7, 11) is 0. The van der Waals surface area contributed by atoms with Crippen LogP contribution in [0.5, 0.6) is 0 Å². The van der Waals surface area contributed by atoms with Gasteiger partial charge in [-0.15, -0.1) is 10.2 Å². The van der Waals surface area contributed by atoms with Gasteiger partial charge < -0.3 is 5.73 Å². The molecule has 2 aromatic rings. The van der Waals surface area contributed by atoms with Gasteiger partial charge in [-0.05, 0) is 42.5 Å². The minimum Gasteiger partial charge on any atom is -0.327 e. The molecule has 0 spiro atoms. The minimum absolute atomic E-state index is 0.180. The Balaban J connectivity index is 2.15. The van der Waals surface area contributed by atoms with Crippen molar-refractivity contribution in [2.45, 2.75) is 39.5 Å². The molecule has 2 aromatic heterocycles.